The Hall–Kier alpha value is -1.02. The molecule has 0 radical (unpaired) electrons. The van der Waals surface area contributed by atoms with Gasteiger partial charge in [-0.05, 0) is 24.4 Å². The molecule has 2 nitrogen and oxygen atoms in total. The Labute approximate surface area is 92.3 Å². The lowest BCUT2D eigenvalue weighted by molar-refractivity contribution is 0.389. The van der Waals surface area contributed by atoms with Crippen molar-refractivity contribution >= 4 is 0 Å². The van der Waals surface area contributed by atoms with Crippen LogP contribution in [0.4, 0.5) is 0 Å². The van der Waals surface area contributed by atoms with Gasteiger partial charge < -0.3 is 10.4 Å². The molecule has 0 saturated heterocycles. The van der Waals surface area contributed by atoms with Gasteiger partial charge in [-0.3, -0.25) is 0 Å². The van der Waals surface area contributed by atoms with Gasteiger partial charge in [0, 0.05) is 12.1 Å². The number of aromatic hydroxyl groups is 1. The minimum atomic E-state index is 0.377. The lowest BCUT2D eigenvalue weighted by atomic mass is 9.98. The summed E-state index contributed by atoms with van der Waals surface area (Å²) in [5.74, 6) is 1.74. The molecular weight excluding hydrogens is 186 g/mol. The molecule has 0 fully saturated rings. The minimum Gasteiger partial charge on any atom is -0.508 e. The molecule has 1 atom stereocenters. The van der Waals surface area contributed by atoms with Crippen LogP contribution in [0.3, 0.4) is 0 Å². The molecule has 0 spiro atoms. The molecule has 1 aromatic carbocycles. The molecule has 0 aliphatic carbocycles. The molecule has 1 rings (SSSR count). The van der Waals surface area contributed by atoms with E-state index in [1.165, 1.54) is 0 Å². The summed E-state index contributed by atoms with van der Waals surface area (Å²) < 4.78 is 0. The second-order valence-corrected chi connectivity index (χ2v) is 4.48. The van der Waals surface area contributed by atoms with E-state index in [-0.39, 0.29) is 0 Å². The first-order valence-electron chi connectivity index (χ1n) is 5.59. The number of para-hydroxylation sites is 1. The minimum absolute atomic E-state index is 0.377. The van der Waals surface area contributed by atoms with Crippen LogP contribution in [0.2, 0.25) is 0 Å². The van der Waals surface area contributed by atoms with Crippen LogP contribution in [0, 0.1) is 11.8 Å². The van der Waals surface area contributed by atoms with E-state index in [1.807, 2.05) is 18.2 Å². The lowest BCUT2D eigenvalue weighted by Crippen LogP contribution is -2.23. The molecule has 1 aromatic rings. The molecule has 0 unspecified atom stereocenters. The third kappa shape index (κ3) is 3.92. The van der Waals surface area contributed by atoms with E-state index in [4.69, 9.17) is 0 Å². The first-order valence-corrected chi connectivity index (χ1v) is 5.59. The van der Waals surface area contributed by atoms with Crippen LogP contribution in [0.15, 0.2) is 24.3 Å². The molecule has 15 heavy (non-hydrogen) atoms. The largest absolute Gasteiger partial charge is 0.508 e. The van der Waals surface area contributed by atoms with Crippen LogP contribution in [0.1, 0.15) is 26.3 Å². The van der Waals surface area contributed by atoms with Gasteiger partial charge in [-0.15, -0.1) is 0 Å². The van der Waals surface area contributed by atoms with Crippen molar-refractivity contribution in [2.24, 2.45) is 11.8 Å². The van der Waals surface area contributed by atoms with Gasteiger partial charge in [0.15, 0.2) is 0 Å². The van der Waals surface area contributed by atoms with E-state index in [0.29, 0.717) is 17.6 Å². The molecule has 0 amide bonds. The maximum Gasteiger partial charge on any atom is 0.120 e. The molecule has 84 valence electrons. The third-order valence-corrected chi connectivity index (χ3v) is 2.91. The number of benzene rings is 1. The number of rotatable bonds is 5. The molecule has 2 N–H and O–H groups in total. The predicted octanol–water partition coefficient (Wildman–Crippen LogP) is 2.77. The summed E-state index contributed by atoms with van der Waals surface area (Å²) in [7, 11) is 0. The quantitative estimate of drug-likeness (QED) is 0.778. The summed E-state index contributed by atoms with van der Waals surface area (Å²) in [5.41, 5.74) is 0.966. The van der Waals surface area contributed by atoms with Crippen LogP contribution < -0.4 is 5.32 Å². The lowest BCUT2D eigenvalue weighted by Gasteiger charge is -2.16. The van der Waals surface area contributed by atoms with E-state index in [0.717, 1.165) is 18.7 Å². The van der Waals surface area contributed by atoms with Crippen molar-refractivity contribution in [1.82, 2.24) is 5.32 Å². The zero-order valence-corrected chi connectivity index (χ0v) is 9.83. The van der Waals surface area contributed by atoms with Gasteiger partial charge in [-0.25, -0.2) is 0 Å². The highest BCUT2D eigenvalue weighted by molar-refractivity contribution is 5.31. The Kier molecular flexibility index (Phi) is 4.63. The normalized spacial score (nSPS) is 13.1. The zero-order chi connectivity index (χ0) is 11.3. The van der Waals surface area contributed by atoms with Gasteiger partial charge in [0.25, 0.3) is 0 Å². The van der Waals surface area contributed by atoms with Crippen molar-refractivity contribution in [3.05, 3.63) is 29.8 Å². The Balaban J connectivity index is 2.35. The van der Waals surface area contributed by atoms with Crippen molar-refractivity contribution in [2.75, 3.05) is 6.54 Å². The zero-order valence-electron chi connectivity index (χ0n) is 9.83. The van der Waals surface area contributed by atoms with Gasteiger partial charge in [-0.2, -0.15) is 0 Å². The van der Waals surface area contributed by atoms with Gasteiger partial charge in [0.05, 0.1) is 0 Å². The fourth-order valence-corrected chi connectivity index (χ4v) is 1.33. The Morgan fingerprint density at radius 2 is 1.87 bits per heavy atom. The molecular formula is C13H21NO. The Morgan fingerprint density at radius 1 is 1.20 bits per heavy atom. The molecule has 0 heterocycles. The molecule has 2 heteroatoms. The average molecular weight is 207 g/mol. The van der Waals surface area contributed by atoms with Crippen LogP contribution in [-0.4, -0.2) is 11.7 Å². The molecule has 0 aromatic heterocycles. The van der Waals surface area contributed by atoms with E-state index >= 15 is 0 Å². The third-order valence-electron chi connectivity index (χ3n) is 2.91. The summed E-state index contributed by atoms with van der Waals surface area (Å²) in [6.07, 6.45) is 0. The van der Waals surface area contributed by atoms with Crippen molar-refractivity contribution in [2.45, 2.75) is 27.3 Å². The summed E-state index contributed by atoms with van der Waals surface area (Å²) in [6, 6.07) is 7.46. The number of hydrogen-bond acceptors (Lipinski definition) is 2. The van der Waals surface area contributed by atoms with Crippen LogP contribution in [0.5, 0.6) is 5.75 Å². The molecule has 0 aliphatic heterocycles. The second kappa shape index (κ2) is 5.76. The number of nitrogens with one attached hydrogen (secondary N) is 1. The standard InChI is InChI=1S/C13H21NO/c1-10(2)11(3)8-14-9-12-6-4-5-7-13(12)15/h4-7,10-11,14-15H,8-9H2,1-3H3/t11-/m1/s1. The molecule has 0 bridgehead atoms. The van der Waals surface area contributed by atoms with Crippen molar-refractivity contribution in [1.29, 1.82) is 0 Å². The topological polar surface area (TPSA) is 32.3 Å². The first kappa shape index (κ1) is 12.1. The highest BCUT2D eigenvalue weighted by Crippen LogP contribution is 2.15. The van der Waals surface area contributed by atoms with Gasteiger partial charge >= 0.3 is 0 Å². The maximum atomic E-state index is 9.54. The predicted molar refractivity (Wildman–Crippen MR) is 63.8 cm³/mol. The summed E-state index contributed by atoms with van der Waals surface area (Å²) in [4.78, 5) is 0. The highest BCUT2D eigenvalue weighted by Gasteiger charge is 2.06. The van der Waals surface area contributed by atoms with Crippen molar-refractivity contribution in [3.8, 4) is 5.75 Å². The average Bonchev–Trinajstić information content (AvgIpc) is 2.20. The fourth-order valence-electron chi connectivity index (χ4n) is 1.33. The Morgan fingerprint density at radius 3 is 2.47 bits per heavy atom. The number of hydrogen-bond donors (Lipinski definition) is 2. The number of phenolic OH excluding ortho intramolecular Hbond substituents is 1. The second-order valence-electron chi connectivity index (χ2n) is 4.48. The smallest absolute Gasteiger partial charge is 0.120 e. The SMILES string of the molecule is CC(C)[C@H](C)CNCc1ccccc1O. The number of phenols is 1. The maximum absolute atomic E-state index is 9.54. The fraction of sp³-hybridized carbons (Fsp3) is 0.538. The van der Waals surface area contributed by atoms with Crippen LogP contribution in [0.25, 0.3) is 0 Å². The highest BCUT2D eigenvalue weighted by atomic mass is 16.3. The van der Waals surface area contributed by atoms with Crippen molar-refractivity contribution in [3.63, 3.8) is 0 Å². The van der Waals surface area contributed by atoms with Gasteiger partial charge in [0.2, 0.25) is 0 Å². The molecule has 0 saturated carbocycles. The van der Waals surface area contributed by atoms with Crippen LogP contribution >= 0.6 is 0 Å². The van der Waals surface area contributed by atoms with Crippen molar-refractivity contribution < 1.29 is 5.11 Å². The summed E-state index contributed by atoms with van der Waals surface area (Å²) >= 11 is 0. The summed E-state index contributed by atoms with van der Waals surface area (Å²) in [5, 5.41) is 12.9. The van der Waals surface area contributed by atoms with E-state index < -0.39 is 0 Å². The molecule has 0 aliphatic rings. The summed E-state index contributed by atoms with van der Waals surface area (Å²) in [6.45, 7) is 8.43. The van der Waals surface area contributed by atoms with Gasteiger partial charge in [-0.1, -0.05) is 39.0 Å². The van der Waals surface area contributed by atoms with E-state index in [9.17, 15) is 5.11 Å². The monoisotopic (exact) mass is 207 g/mol. The first-order chi connectivity index (χ1) is 7.11. The van der Waals surface area contributed by atoms with E-state index in [1.54, 1.807) is 6.07 Å². The Bertz CT molecular complexity index is 296. The van der Waals surface area contributed by atoms with Gasteiger partial charge in [0.1, 0.15) is 5.75 Å². The van der Waals surface area contributed by atoms with Crippen LogP contribution in [-0.2, 0) is 6.54 Å². The van der Waals surface area contributed by atoms with E-state index in [2.05, 4.69) is 26.1 Å².